The van der Waals surface area contributed by atoms with E-state index in [1.54, 1.807) is 17.0 Å². The van der Waals surface area contributed by atoms with Gasteiger partial charge in [-0.2, -0.15) is 27.2 Å². The predicted octanol–water partition coefficient (Wildman–Crippen LogP) is 5.03. The molecule has 9 nitrogen and oxygen atoms in total. The number of piperazine rings is 1. The first-order valence-corrected chi connectivity index (χ1v) is 16.3. The zero-order valence-electron chi connectivity index (χ0n) is 24.0. The summed E-state index contributed by atoms with van der Waals surface area (Å²) in [6.45, 7) is -0.824. The summed E-state index contributed by atoms with van der Waals surface area (Å²) < 4.78 is 94.2. The summed E-state index contributed by atoms with van der Waals surface area (Å²) in [6.07, 6.45) is -4.58. The van der Waals surface area contributed by atoms with Crippen molar-refractivity contribution in [2.75, 3.05) is 36.9 Å². The normalized spacial score (nSPS) is 16.9. The van der Waals surface area contributed by atoms with Crippen molar-refractivity contribution in [2.45, 2.75) is 49.5 Å². The van der Waals surface area contributed by atoms with Crippen LogP contribution in [-0.4, -0.2) is 68.9 Å². The number of alkyl halides is 5. The summed E-state index contributed by atoms with van der Waals surface area (Å²) in [7, 11) is -3.47. The number of nitriles is 1. The first kappa shape index (κ1) is 34.2. The van der Waals surface area contributed by atoms with Gasteiger partial charge in [0, 0.05) is 38.5 Å². The number of carbonyl (C=O) groups is 1. The summed E-state index contributed by atoms with van der Waals surface area (Å²) in [5.74, 6) is -1.63. The van der Waals surface area contributed by atoms with Crippen LogP contribution in [0.3, 0.4) is 0 Å². The van der Waals surface area contributed by atoms with Gasteiger partial charge in [-0.3, -0.25) is 9.69 Å². The SMILES string of the molecule is CCS(=O)(=O)c1ccc([C@H](CC#N)c2nc(N3CCN(Cc4ccc(C(F)(F)F)cc4)C[C@H]3COC(F)F)sc2C(N)=O)cc1. The van der Waals surface area contributed by atoms with E-state index in [2.05, 4.69) is 15.8 Å². The van der Waals surface area contributed by atoms with E-state index in [9.17, 15) is 40.4 Å². The lowest BCUT2D eigenvalue weighted by Crippen LogP contribution is -2.55. The highest BCUT2D eigenvalue weighted by molar-refractivity contribution is 7.91. The number of carbonyl (C=O) groups excluding carboxylic acids is 1. The highest BCUT2D eigenvalue weighted by Crippen LogP contribution is 2.37. The number of rotatable bonds is 12. The molecular formula is C29H30F5N5O4S2. The van der Waals surface area contributed by atoms with Crippen LogP contribution in [0.15, 0.2) is 53.4 Å². The predicted molar refractivity (Wildman–Crippen MR) is 157 cm³/mol. The van der Waals surface area contributed by atoms with Crippen molar-refractivity contribution in [1.29, 1.82) is 5.26 Å². The Hall–Kier alpha value is -3.65. The minimum Gasteiger partial charge on any atom is -0.365 e. The molecule has 1 amide bonds. The molecule has 3 aromatic rings. The largest absolute Gasteiger partial charge is 0.416 e. The van der Waals surface area contributed by atoms with Gasteiger partial charge >= 0.3 is 12.8 Å². The number of benzene rings is 2. The van der Waals surface area contributed by atoms with Crippen LogP contribution < -0.4 is 10.6 Å². The Morgan fingerprint density at radius 1 is 1.16 bits per heavy atom. The van der Waals surface area contributed by atoms with E-state index < -0.39 is 52.7 Å². The number of sulfone groups is 1. The highest BCUT2D eigenvalue weighted by Gasteiger charge is 2.34. The van der Waals surface area contributed by atoms with Gasteiger partial charge in [-0.1, -0.05) is 42.5 Å². The van der Waals surface area contributed by atoms with Gasteiger partial charge in [0.2, 0.25) is 0 Å². The summed E-state index contributed by atoms with van der Waals surface area (Å²) in [4.78, 5) is 21.0. The van der Waals surface area contributed by atoms with Gasteiger partial charge in [-0.25, -0.2) is 13.4 Å². The molecule has 0 saturated carbocycles. The van der Waals surface area contributed by atoms with Gasteiger partial charge < -0.3 is 15.4 Å². The number of hydrogen-bond donors (Lipinski definition) is 1. The number of anilines is 1. The molecule has 0 aliphatic carbocycles. The third kappa shape index (κ3) is 8.34. The third-order valence-electron chi connectivity index (χ3n) is 7.43. The molecule has 1 aliphatic heterocycles. The molecule has 0 radical (unpaired) electrons. The number of halogens is 5. The van der Waals surface area contributed by atoms with Crippen molar-refractivity contribution in [3.63, 3.8) is 0 Å². The van der Waals surface area contributed by atoms with E-state index >= 15 is 0 Å². The molecule has 2 heterocycles. The van der Waals surface area contributed by atoms with Gasteiger partial charge in [0.05, 0.1) is 40.6 Å². The molecular weight excluding hydrogens is 641 g/mol. The maximum absolute atomic E-state index is 13.1. The molecule has 2 N–H and O–H groups in total. The fourth-order valence-corrected chi connectivity index (χ4v) is 7.05. The topological polar surface area (TPSA) is 130 Å². The number of thiazole rings is 1. The molecule has 1 saturated heterocycles. The standard InChI is InChI=1S/C29H30F5N5O4S2/c1-2-45(41,42)22-9-5-19(6-10-22)23(11-12-35)24-25(26(36)40)44-28(37-24)39-14-13-38(16-21(39)17-43-27(30)31)15-18-3-7-20(8-4-18)29(32,33)34/h3-10,21,23,27H,2,11,13-17H2,1H3,(H2,36,40)/t21-,23-/m0/s1. The average molecular weight is 672 g/mol. The second-order valence-electron chi connectivity index (χ2n) is 10.3. The molecule has 0 bridgehead atoms. The Bertz CT molecular complexity index is 1620. The van der Waals surface area contributed by atoms with Gasteiger partial charge in [0.15, 0.2) is 15.0 Å². The summed E-state index contributed by atoms with van der Waals surface area (Å²) >= 11 is 0.948. The number of hydrogen-bond acceptors (Lipinski definition) is 9. The third-order valence-corrected chi connectivity index (χ3v) is 10.3. The van der Waals surface area contributed by atoms with Crippen molar-refractivity contribution in [3.05, 3.63) is 75.8 Å². The van der Waals surface area contributed by atoms with Gasteiger partial charge in [-0.15, -0.1) is 0 Å². The van der Waals surface area contributed by atoms with E-state index in [0.717, 1.165) is 23.5 Å². The number of primary amides is 1. The van der Waals surface area contributed by atoms with Crippen LogP contribution in [0, 0.1) is 11.3 Å². The number of aromatic nitrogens is 1. The summed E-state index contributed by atoms with van der Waals surface area (Å²) in [5.41, 5.74) is 6.26. The van der Waals surface area contributed by atoms with Crippen molar-refractivity contribution in [3.8, 4) is 6.07 Å². The molecule has 1 fully saturated rings. The van der Waals surface area contributed by atoms with Crippen molar-refractivity contribution >= 4 is 32.2 Å². The Morgan fingerprint density at radius 2 is 1.82 bits per heavy atom. The quantitative estimate of drug-likeness (QED) is 0.266. The number of nitrogens with two attached hydrogens (primary N) is 1. The smallest absolute Gasteiger partial charge is 0.365 e. The van der Waals surface area contributed by atoms with Gasteiger partial charge in [0.1, 0.15) is 4.88 Å². The van der Waals surface area contributed by atoms with Crippen molar-refractivity contribution in [2.24, 2.45) is 5.73 Å². The second kappa shape index (κ2) is 14.2. The van der Waals surface area contributed by atoms with E-state index in [-0.39, 0.29) is 47.3 Å². The highest BCUT2D eigenvalue weighted by atomic mass is 32.2. The minimum atomic E-state index is -4.47. The number of amides is 1. The van der Waals surface area contributed by atoms with E-state index in [4.69, 9.17) is 5.73 Å². The Morgan fingerprint density at radius 3 is 2.38 bits per heavy atom. The van der Waals surface area contributed by atoms with Crippen molar-refractivity contribution in [1.82, 2.24) is 9.88 Å². The maximum Gasteiger partial charge on any atom is 0.416 e. The average Bonchev–Trinajstić information content (AvgIpc) is 3.44. The van der Waals surface area contributed by atoms with Crippen LogP contribution in [0.1, 0.15) is 51.3 Å². The first-order valence-electron chi connectivity index (χ1n) is 13.8. The van der Waals surface area contributed by atoms with Crippen LogP contribution in [0.2, 0.25) is 0 Å². The van der Waals surface area contributed by atoms with Gasteiger partial charge in [-0.05, 0) is 35.4 Å². The molecule has 1 aromatic heterocycles. The van der Waals surface area contributed by atoms with Crippen LogP contribution in [0.25, 0.3) is 0 Å². The Kier molecular flexibility index (Phi) is 10.8. The number of nitrogens with zero attached hydrogens (tertiary/aromatic N) is 4. The molecule has 0 spiro atoms. The molecule has 2 atom stereocenters. The molecule has 45 heavy (non-hydrogen) atoms. The fraction of sp³-hybridized carbons (Fsp3) is 0.414. The molecule has 16 heteroatoms. The number of ether oxygens (including phenoxy) is 1. The zero-order chi connectivity index (χ0) is 32.9. The lowest BCUT2D eigenvalue weighted by atomic mass is 9.92. The zero-order valence-corrected chi connectivity index (χ0v) is 25.6. The molecule has 242 valence electrons. The van der Waals surface area contributed by atoms with E-state index in [1.807, 2.05) is 4.90 Å². The lowest BCUT2D eigenvalue weighted by Gasteiger charge is -2.41. The molecule has 0 unspecified atom stereocenters. The molecule has 4 rings (SSSR count). The maximum atomic E-state index is 13.1. The summed E-state index contributed by atoms with van der Waals surface area (Å²) in [5, 5.41) is 9.89. The monoisotopic (exact) mass is 671 g/mol. The molecule has 1 aliphatic rings. The van der Waals surface area contributed by atoms with Crippen LogP contribution in [0.4, 0.5) is 27.1 Å². The Balaban J connectivity index is 1.62. The van der Waals surface area contributed by atoms with Crippen LogP contribution in [0.5, 0.6) is 0 Å². The van der Waals surface area contributed by atoms with E-state index in [1.165, 1.54) is 31.2 Å². The minimum absolute atomic E-state index is 0.0659. The van der Waals surface area contributed by atoms with Gasteiger partial charge in [0.25, 0.3) is 5.91 Å². The van der Waals surface area contributed by atoms with Crippen LogP contribution in [-0.2, 0) is 27.3 Å². The lowest BCUT2D eigenvalue weighted by molar-refractivity contribution is -0.137. The summed E-state index contributed by atoms with van der Waals surface area (Å²) in [6, 6.07) is 12.0. The fourth-order valence-electron chi connectivity index (χ4n) is 5.09. The first-order chi connectivity index (χ1) is 21.2. The van der Waals surface area contributed by atoms with Crippen molar-refractivity contribution < 1.29 is 39.9 Å². The van der Waals surface area contributed by atoms with E-state index in [0.29, 0.717) is 22.8 Å². The molecule has 2 aromatic carbocycles. The van der Waals surface area contributed by atoms with Crippen LogP contribution >= 0.6 is 11.3 Å². The Labute approximate surface area is 260 Å². The second-order valence-corrected chi connectivity index (χ2v) is 13.6.